The summed E-state index contributed by atoms with van der Waals surface area (Å²) in [5.74, 6) is -0.221. The van der Waals surface area contributed by atoms with Crippen molar-refractivity contribution in [1.82, 2.24) is 10.2 Å². The first kappa shape index (κ1) is 14.6. The van der Waals surface area contributed by atoms with E-state index in [2.05, 4.69) is 10.2 Å². The quantitative estimate of drug-likeness (QED) is 0.910. The first-order valence-electron chi connectivity index (χ1n) is 6.42. The van der Waals surface area contributed by atoms with Crippen molar-refractivity contribution >= 4 is 17.7 Å². The maximum Gasteiger partial charge on any atom is 0.338 e. The topological polar surface area (TPSA) is 76.2 Å². The predicted octanol–water partition coefficient (Wildman–Crippen LogP) is 3.35. The number of carboxylic acid groups (broad SMARTS) is 1. The molecule has 2 rings (SSSR count). The number of aromatic nitrogens is 2. The van der Waals surface area contributed by atoms with Crippen molar-refractivity contribution in [3.8, 4) is 0 Å². The second kappa shape index (κ2) is 6.09. The zero-order chi connectivity index (χ0) is 14.7. The van der Waals surface area contributed by atoms with Gasteiger partial charge in [0.2, 0.25) is 0 Å². The molecule has 0 unspecified atom stereocenters. The molecule has 2 heterocycles. The summed E-state index contributed by atoms with van der Waals surface area (Å²) >= 11 is 1.28. The highest BCUT2D eigenvalue weighted by atomic mass is 32.2. The first-order valence-corrected chi connectivity index (χ1v) is 7.23. The average Bonchev–Trinajstić information content (AvgIpc) is 2.83. The van der Waals surface area contributed by atoms with Crippen LogP contribution in [0.15, 0.2) is 26.7 Å². The zero-order valence-corrected chi connectivity index (χ0v) is 12.5. The van der Waals surface area contributed by atoms with E-state index in [0.29, 0.717) is 17.9 Å². The smallest absolute Gasteiger partial charge is 0.338 e. The van der Waals surface area contributed by atoms with Gasteiger partial charge in [-0.15, -0.1) is 5.10 Å². The van der Waals surface area contributed by atoms with Gasteiger partial charge in [-0.2, -0.15) is 5.10 Å². The third-order valence-corrected chi connectivity index (χ3v) is 4.17. The molecule has 0 radical (unpaired) electrons. The van der Waals surface area contributed by atoms with Crippen LogP contribution in [0.5, 0.6) is 0 Å². The van der Waals surface area contributed by atoms with Gasteiger partial charge in [0.1, 0.15) is 10.8 Å². The number of aryl methyl sites for hydroxylation is 2. The van der Waals surface area contributed by atoms with Gasteiger partial charge in [0, 0.05) is 0 Å². The molecule has 0 atom stereocenters. The van der Waals surface area contributed by atoms with Crippen LogP contribution in [0.2, 0.25) is 0 Å². The molecule has 2 aromatic heterocycles. The molecular formula is C14H16N2O3S. The highest BCUT2D eigenvalue weighted by molar-refractivity contribution is 7.99. The van der Waals surface area contributed by atoms with E-state index in [1.165, 1.54) is 11.8 Å². The van der Waals surface area contributed by atoms with Gasteiger partial charge in [-0.1, -0.05) is 25.6 Å². The van der Waals surface area contributed by atoms with Crippen LogP contribution in [0.25, 0.3) is 0 Å². The number of hydrogen-bond acceptors (Lipinski definition) is 5. The van der Waals surface area contributed by atoms with Crippen molar-refractivity contribution in [2.24, 2.45) is 0 Å². The maximum atomic E-state index is 11.6. The number of nitrogens with zero attached hydrogens (tertiary/aromatic N) is 2. The van der Waals surface area contributed by atoms with Gasteiger partial charge in [-0.25, -0.2) is 4.79 Å². The number of rotatable bonds is 5. The third-order valence-electron chi connectivity index (χ3n) is 3.05. The van der Waals surface area contributed by atoms with Gasteiger partial charge in [0.05, 0.1) is 22.4 Å². The summed E-state index contributed by atoms with van der Waals surface area (Å²) in [6.45, 7) is 5.71. The van der Waals surface area contributed by atoms with Crippen LogP contribution in [0.1, 0.15) is 41.2 Å². The summed E-state index contributed by atoms with van der Waals surface area (Å²) in [7, 11) is 0. The fourth-order valence-corrected chi connectivity index (χ4v) is 2.95. The summed E-state index contributed by atoms with van der Waals surface area (Å²) in [5.41, 5.74) is 1.77. The molecule has 5 nitrogen and oxygen atoms in total. The van der Waals surface area contributed by atoms with Crippen LogP contribution in [-0.2, 0) is 12.8 Å². The van der Waals surface area contributed by atoms with Crippen molar-refractivity contribution in [1.29, 1.82) is 0 Å². The van der Waals surface area contributed by atoms with Crippen molar-refractivity contribution in [2.45, 2.75) is 43.5 Å². The first-order chi connectivity index (χ1) is 9.58. The number of carboxylic acids is 1. The molecule has 106 valence electrons. The molecule has 0 bridgehead atoms. The normalized spacial score (nSPS) is 10.8. The van der Waals surface area contributed by atoms with Gasteiger partial charge in [0.25, 0.3) is 0 Å². The molecular weight excluding hydrogens is 276 g/mol. The molecule has 2 aromatic rings. The van der Waals surface area contributed by atoms with E-state index in [0.717, 1.165) is 21.9 Å². The van der Waals surface area contributed by atoms with E-state index in [-0.39, 0.29) is 5.56 Å². The van der Waals surface area contributed by atoms with Crippen molar-refractivity contribution < 1.29 is 14.3 Å². The molecule has 0 aliphatic heterocycles. The summed E-state index contributed by atoms with van der Waals surface area (Å²) < 4.78 is 5.22. The van der Waals surface area contributed by atoms with Crippen LogP contribution >= 0.6 is 11.8 Å². The van der Waals surface area contributed by atoms with E-state index in [9.17, 15) is 9.90 Å². The van der Waals surface area contributed by atoms with E-state index >= 15 is 0 Å². The van der Waals surface area contributed by atoms with Crippen LogP contribution in [-0.4, -0.2) is 21.3 Å². The lowest BCUT2D eigenvalue weighted by atomic mass is 10.0. The minimum atomic E-state index is -0.963. The average molecular weight is 292 g/mol. The van der Waals surface area contributed by atoms with Crippen LogP contribution in [0.4, 0.5) is 0 Å². The Kier molecular flexibility index (Phi) is 4.44. The molecule has 0 saturated heterocycles. The molecule has 0 aromatic carbocycles. The van der Waals surface area contributed by atoms with Crippen molar-refractivity contribution in [2.75, 3.05) is 0 Å². The highest BCUT2D eigenvalue weighted by Gasteiger charge is 2.21. The fourth-order valence-electron chi connectivity index (χ4n) is 2.03. The molecule has 6 heteroatoms. The summed E-state index contributed by atoms with van der Waals surface area (Å²) in [6.07, 6.45) is 2.87. The second-order valence-electron chi connectivity index (χ2n) is 4.26. The zero-order valence-electron chi connectivity index (χ0n) is 11.6. The predicted molar refractivity (Wildman–Crippen MR) is 75.3 cm³/mol. The molecule has 1 N–H and O–H groups in total. The van der Waals surface area contributed by atoms with Gasteiger partial charge in [-0.05, 0) is 31.4 Å². The molecule has 0 fully saturated rings. The van der Waals surface area contributed by atoms with Crippen LogP contribution in [0.3, 0.4) is 0 Å². The van der Waals surface area contributed by atoms with E-state index < -0.39 is 5.97 Å². The van der Waals surface area contributed by atoms with Crippen molar-refractivity contribution in [3.05, 3.63) is 34.9 Å². The highest BCUT2D eigenvalue weighted by Crippen LogP contribution is 2.33. The number of aromatic carboxylic acids is 1. The summed E-state index contributed by atoms with van der Waals surface area (Å²) in [6, 6.07) is 1.80. The van der Waals surface area contributed by atoms with Crippen molar-refractivity contribution in [3.63, 3.8) is 0 Å². The van der Waals surface area contributed by atoms with Crippen LogP contribution < -0.4 is 0 Å². The van der Waals surface area contributed by atoms with E-state index in [1.54, 1.807) is 12.3 Å². The second-order valence-corrected chi connectivity index (χ2v) is 5.29. The Labute approximate surface area is 121 Å². The lowest BCUT2D eigenvalue weighted by molar-refractivity contribution is 0.0690. The summed E-state index contributed by atoms with van der Waals surface area (Å²) in [5, 5.41) is 18.1. The Bertz CT molecular complexity index is 637. The van der Waals surface area contributed by atoms with E-state index in [1.807, 2.05) is 20.8 Å². The van der Waals surface area contributed by atoms with Gasteiger partial charge in [-0.3, -0.25) is 0 Å². The Morgan fingerprint density at radius 1 is 1.35 bits per heavy atom. The number of hydrogen-bond donors (Lipinski definition) is 1. The largest absolute Gasteiger partial charge is 0.478 e. The minimum Gasteiger partial charge on any atom is -0.478 e. The Morgan fingerprint density at radius 2 is 2.10 bits per heavy atom. The molecule has 0 saturated carbocycles. The monoisotopic (exact) mass is 292 g/mol. The Morgan fingerprint density at radius 3 is 2.60 bits per heavy atom. The summed E-state index contributed by atoms with van der Waals surface area (Å²) in [4.78, 5) is 12.4. The molecule has 0 amide bonds. The molecule has 20 heavy (non-hydrogen) atoms. The van der Waals surface area contributed by atoms with Gasteiger partial charge >= 0.3 is 5.97 Å². The maximum absolute atomic E-state index is 11.6. The standard InChI is InChI=1S/C14H16N2O3S/c1-4-9-10(5-2)15-16-13(12(9)14(17)18)20-11-6-7-19-8(11)3/h6-7H,4-5H2,1-3H3,(H,17,18). The third kappa shape index (κ3) is 2.70. The number of carbonyl (C=O) groups is 1. The SMILES string of the molecule is CCc1nnc(Sc2ccoc2C)c(C(=O)O)c1CC. The Hall–Kier alpha value is -1.82. The molecule has 0 aliphatic rings. The van der Waals surface area contributed by atoms with Gasteiger partial charge < -0.3 is 9.52 Å². The molecule has 0 aliphatic carbocycles. The number of furan rings is 1. The van der Waals surface area contributed by atoms with E-state index in [4.69, 9.17) is 4.42 Å². The molecule has 0 spiro atoms. The fraction of sp³-hybridized carbons (Fsp3) is 0.357. The van der Waals surface area contributed by atoms with Crippen LogP contribution in [0, 0.1) is 6.92 Å². The van der Waals surface area contributed by atoms with Gasteiger partial charge in [0.15, 0.2) is 0 Å². The minimum absolute atomic E-state index is 0.255. The lowest BCUT2D eigenvalue weighted by Gasteiger charge is -2.11. The Balaban J connectivity index is 2.53. The lowest BCUT2D eigenvalue weighted by Crippen LogP contribution is -2.11.